The number of amides is 3. The highest BCUT2D eigenvalue weighted by molar-refractivity contribution is 7.99. The fourth-order valence-corrected chi connectivity index (χ4v) is 8.44. The highest BCUT2D eigenvalue weighted by Crippen LogP contribution is 2.16. The van der Waals surface area contributed by atoms with E-state index in [9.17, 15) is 48.6 Å². The summed E-state index contributed by atoms with van der Waals surface area (Å²) in [5, 5.41) is 34.1. The molecule has 0 aromatic heterocycles. The van der Waals surface area contributed by atoms with Gasteiger partial charge in [-0.1, -0.05) is 168 Å². The molecule has 0 bridgehead atoms. The van der Waals surface area contributed by atoms with E-state index in [1.54, 1.807) is 0 Å². The standard InChI is InChI=1S/C50H90N4O13S/c1-3-5-7-9-11-13-15-17-19-21-23-25-27-29-46(60)66-36-39(67-47(61)30-28-26-24-22-20-18-16-14-12-10-8-6-4-2)37-68-38-40(51)48(62)54-41(31-33-44(56)57)49(63)52-35-43(55)53-42(50(64)65)32-34-45(58)59/h39-42H,3-38,51H2,1-2H3,(H,52,63)(H,53,55)(H,54,62)(H,56,57)(H,58,59)(H,64,65)/t39-,40?,41-,42-/m1/s1. The van der Waals surface area contributed by atoms with Crippen LogP contribution in [-0.2, 0) is 47.8 Å². The second kappa shape index (κ2) is 44.3. The molecule has 0 saturated carbocycles. The van der Waals surface area contributed by atoms with Crippen molar-refractivity contribution in [1.82, 2.24) is 16.0 Å². The van der Waals surface area contributed by atoms with Gasteiger partial charge >= 0.3 is 29.8 Å². The second-order valence-corrected chi connectivity index (χ2v) is 19.1. The van der Waals surface area contributed by atoms with Crippen LogP contribution in [0.2, 0.25) is 0 Å². The van der Waals surface area contributed by atoms with Gasteiger partial charge in [0.1, 0.15) is 24.8 Å². The van der Waals surface area contributed by atoms with Crippen LogP contribution in [0, 0.1) is 0 Å². The quantitative estimate of drug-likeness (QED) is 0.0223. The molecule has 18 heteroatoms. The molecule has 17 nitrogen and oxygen atoms in total. The Morgan fingerprint density at radius 3 is 1.34 bits per heavy atom. The van der Waals surface area contributed by atoms with Gasteiger partial charge in [0.15, 0.2) is 0 Å². The van der Waals surface area contributed by atoms with Crippen molar-refractivity contribution in [3.05, 3.63) is 0 Å². The average Bonchev–Trinajstić information content (AvgIpc) is 3.30. The smallest absolute Gasteiger partial charge is 0.326 e. The van der Waals surface area contributed by atoms with Crippen LogP contribution in [0.15, 0.2) is 0 Å². The van der Waals surface area contributed by atoms with E-state index >= 15 is 0 Å². The molecule has 0 fully saturated rings. The normalized spacial score (nSPS) is 12.9. The van der Waals surface area contributed by atoms with Gasteiger partial charge in [0, 0.05) is 37.2 Å². The summed E-state index contributed by atoms with van der Waals surface area (Å²) in [4.78, 5) is 97.6. The summed E-state index contributed by atoms with van der Waals surface area (Å²) in [6, 6.07) is -4.14. The summed E-state index contributed by atoms with van der Waals surface area (Å²) in [5.41, 5.74) is 6.15. The van der Waals surface area contributed by atoms with E-state index in [0.717, 1.165) is 38.5 Å². The van der Waals surface area contributed by atoms with Crippen LogP contribution in [0.4, 0.5) is 0 Å². The van der Waals surface area contributed by atoms with Crippen molar-refractivity contribution in [2.24, 2.45) is 5.73 Å². The first kappa shape index (κ1) is 64.1. The molecule has 0 aliphatic carbocycles. The monoisotopic (exact) mass is 987 g/mol. The van der Waals surface area contributed by atoms with E-state index in [0.29, 0.717) is 12.8 Å². The van der Waals surface area contributed by atoms with Gasteiger partial charge in [0.2, 0.25) is 17.7 Å². The largest absolute Gasteiger partial charge is 0.481 e. The number of nitrogens with two attached hydrogens (primary N) is 1. The average molecular weight is 987 g/mol. The number of hydrogen-bond donors (Lipinski definition) is 7. The van der Waals surface area contributed by atoms with Crippen molar-refractivity contribution >= 4 is 59.3 Å². The molecule has 0 spiro atoms. The van der Waals surface area contributed by atoms with Crippen molar-refractivity contribution in [3.8, 4) is 0 Å². The lowest BCUT2D eigenvalue weighted by molar-refractivity contribution is -0.157. The lowest BCUT2D eigenvalue weighted by Crippen LogP contribution is -2.54. The van der Waals surface area contributed by atoms with E-state index in [2.05, 4.69) is 29.8 Å². The number of hydrogen-bond acceptors (Lipinski definition) is 12. The molecule has 0 saturated heterocycles. The van der Waals surface area contributed by atoms with E-state index in [-0.39, 0.29) is 43.3 Å². The maximum Gasteiger partial charge on any atom is 0.326 e. The number of carboxylic acid groups (broad SMARTS) is 3. The Hall–Kier alpha value is -3.93. The first-order valence-electron chi connectivity index (χ1n) is 25.9. The van der Waals surface area contributed by atoms with Crippen molar-refractivity contribution in [2.45, 2.75) is 244 Å². The van der Waals surface area contributed by atoms with Crippen LogP contribution >= 0.6 is 11.8 Å². The number of carboxylic acids is 3. The number of rotatable bonds is 48. The van der Waals surface area contributed by atoms with Crippen LogP contribution in [0.5, 0.6) is 0 Å². The van der Waals surface area contributed by atoms with Crippen molar-refractivity contribution in [2.75, 3.05) is 24.7 Å². The van der Waals surface area contributed by atoms with Gasteiger partial charge in [-0.25, -0.2) is 4.79 Å². The zero-order chi connectivity index (χ0) is 50.6. The van der Waals surface area contributed by atoms with Crippen molar-refractivity contribution in [3.63, 3.8) is 0 Å². The van der Waals surface area contributed by atoms with Gasteiger partial charge in [-0.3, -0.25) is 33.6 Å². The Morgan fingerprint density at radius 2 is 0.912 bits per heavy atom. The summed E-state index contributed by atoms with van der Waals surface area (Å²) in [5.74, 6) is -7.30. The number of ether oxygens (including phenoxy) is 2. The molecule has 0 rings (SSSR count). The molecule has 4 atom stereocenters. The van der Waals surface area contributed by atoms with E-state index < -0.39 is 91.6 Å². The van der Waals surface area contributed by atoms with E-state index in [1.165, 1.54) is 127 Å². The fraction of sp³-hybridized carbons (Fsp3) is 0.840. The molecule has 8 N–H and O–H groups in total. The van der Waals surface area contributed by atoms with E-state index in [4.69, 9.17) is 20.3 Å². The maximum absolute atomic E-state index is 13.1. The van der Waals surface area contributed by atoms with Crippen LogP contribution in [-0.4, -0.2) is 112 Å². The minimum Gasteiger partial charge on any atom is -0.481 e. The zero-order valence-electron chi connectivity index (χ0n) is 41.7. The molecule has 0 aromatic carbocycles. The summed E-state index contributed by atoms with van der Waals surface area (Å²) in [7, 11) is 0. The Morgan fingerprint density at radius 1 is 0.500 bits per heavy atom. The summed E-state index contributed by atoms with van der Waals surface area (Å²) in [6.07, 6.45) is 28.6. The minimum absolute atomic E-state index is 0.00571. The zero-order valence-corrected chi connectivity index (χ0v) is 42.5. The van der Waals surface area contributed by atoms with Gasteiger partial charge in [0.05, 0.1) is 12.6 Å². The summed E-state index contributed by atoms with van der Waals surface area (Å²) < 4.78 is 11.3. The third-order valence-corrected chi connectivity index (χ3v) is 12.8. The molecule has 0 radical (unpaired) electrons. The number of nitrogens with one attached hydrogen (secondary N) is 3. The molecule has 0 aliphatic rings. The number of esters is 2. The molecule has 68 heavy (non-hydrogen) atoms. The van der Waals surface area contributed by atoms with Gasteiger partial charge < -0.3 is 46.5 Å². The molecular weight excluding hydrogens is 897 g/mol. The summed E-state index contributed by atoms with van der Waals surface area (Å²) >= 11 is 1.17. The Kier molecular flexibility index (Phi) is 41.7. The summed E-state index contributed by atoms with van der Waals surface area (Å²) in [6.45, 7) is 3.56. The number of unbranched alkanes of at least 4 members (excludes halogenated alkanes) is 24. The molecule has 394 valence electrons. The number of carbonyl (C=O) groups is 8. The SMILES string of the molecule is CCCCCCCCCCCCCCCC(=O)OC[C@H](CSCC(N)C(=O)N[C@H](CCC(=O)O)C(=O)NCC(=O)N[C@H](CCC(=O)O)C(=O)O)OC(=O)CCCCCCCCCCCCCCC. The Balaban J connectivity index is 5.10. The molecule has 1 unspecified atom stereocenters. The van der Waals surface area contributed by atoms with Crippen LogP contribution in [0.3, 0.4) is 0 Å². The predicted molar refractivity (Wildman–Crippen MR) is 265 cm³/mol. The topological polar surface area (TPSA) is 278 Å². The molecular formula is C50H90N4O13S. The van der Waals surface area contributed by atoms with Crippen molar-refractivity contribution < 1.29 is 63.1 Å². The number of carbonyl (C=O) groups excluding carboxylic acids is 5. The highest BCUT2D eigenvalue weighted by atomic mass is 32.2. The fourth-order valence-electron chi connectivity index (χ4n) is 7.47. The van der Waals surface area contributed by atoms with Gasteiger partial charge in [-0.05, 0) is 25.7 Å². The molecule has 0 heterocycles. The first-order chi connectivity index (χ1) is 32.7. The van der Waals surface area contributed by atoms with Crippen LogP contribution in [0.25, 0.3) is 0 Å². The lowest BCUT2D eigenvalue weighted by Gasteiger charge is -2.21. The van der Waals surface area contributed by atoms with Gasteiger partial charge in [0.25, 0.3) is 0 Å². The minimum atomic E-state index is -1.53. The Bertz CT molecular complexity index is 1400. The third-order valence-electron chi connectivity index (χ3n) is 11.6. The van der Waals surface area contributed by atoms with Gasteiger partial charge in [-0.15, -0.1) is 0 Å². The third kappa shape index (κ3) is 40.0. The lowest BCUT2D eigenvalue weighted by atomic mass is 10.0. The van der Waals surface area contributed by atoms with Crippen LogP contribution < -0.4 is 21.7 Å². The maximum atomic E-state index is 13.1. The highest BCUT2D eigenvalue weighted by Gasteiger charge is 2.27. The number of thioether (sulfide) groups is 1. The predicted octanol–water partition coefficient (Wildman–Crippen LogP) is 8.36. The first-order valence-corrected chi connectivity index (χ1v) is 27.1. The molecule has 0 aromatic rings. The molecule has 0 aliphatic heterocycles. The molecule has 3 amide bonds. The van der Waals surface area contributed by atoms with E-state index in [1.807, 2.05) is 0 Å². The van der Waals surface area contributed by atoms with Crippen molar-refractivity contribution in [1.29, 1.82) is 0 Å². The second-order valence-electron chi connectivity index (χ2n) is 18.0. The van der Waals surface area contributed by atoms with Gasteiger partial charge in [-0.2, -0.15) is 11.8 Å². The number of aliphatic carboxylic acids is 3. The Labute approximate surface area is 411 Å². The van der Waals surface area contributed by atoms with Crippen LogP contribution in [0.1, 0.15) is 219 Å².